The number of nitrogens with zero attached hydrogens (tertiary/aromatic N) is 1. The van der Waals surface area contributed by atoms with Gasteiger partial charge in [-0.05, 0) is 29.4 Å². The molecule has 0 spiro atoms. The van der Waals surface area contributed by atoms with E-state index in [0.29, 0.717) is 16.9 Å². The standard InChI is InChI=1S/C14H9NO3/c16-14-12-9-5-4-8-11(12)13(17-14)15-18-10-6-2-1-3-7-10/h1-9H/b15-13-. The summed E-state index contributed by atoms with van der Waals surface area (Å²) in [5.74, 6) is 0.380. The van der Waals surface area contributed by atoms with Crippen molar-refractivity contribution in [2.45, 2.75) is 0 Å². The van der Waals surface area contributed by atoms with E-state index in [1.54, 1.807) is 30.3 Å². The van der Waals surface area contributed by atoms with Gasteiger partial charge in [0, 0.05) is 0 Å². The third-order valence-electron chi connectivity index (χ3n) is 2.54. The van der Waals surface area contributed by atoms with Gasteiger partial charge in [-0.15, -0.1) is 0 Å². The molecule has 0 radical (unpaired) electrons. The lowest BCUT2D eigenvalue weighted by Gasteiger charge is -1.99. The van der Waals surface area contributed by atoms with E-state index in [9.17, 15) is 4.79 Å². The first kappa shape index (κ1) is 10.5. The maximum absolute atomic E-state index is 11.5. The Labute approximate surface area is 103 Å². The van der Waals surface area contributed by atoms with E-state index in [4.69, 9.17) is 9.57 Å². The van der Waals surface area contributed by atoms with E-state index in [0.717, 1.165) is 0 Å². The summed E-state index contributed by atoms with van der Waals surface area (Å²) < 4.78 is 5.04. The zero-order chi connectivity index (χ0) is 12.4. The molecular formula is C14H9NO3. The minimum Gasteiger partial charge on any atom is -0.400 e. The van der Waals surface area contributed by atoms with Crippen LogP contribution in [-0.4, -0.2) is 11.9 Å². The number of ether oxygens (including phenoxy) is 1. The van der Waals surface area contributed by atoms with Gasteiger partial charge in [-0.1, -0.05) is 30.3 Å². The molecule has 0 fully saturated rings. The number of para-hydroxylation sites is 1. The molecule has 18 heavy (non-hydrogen) atoms. The molecule has 2 aromatic rings. The van der Waals surface area contributed by atoms with Crippen molar-refractivity contribution in [2.75, 3.05) is 0 Å². The third kappa shape index (κ3) is 1.84. The normalized spacial score (nSPS) is 15.3. The van der Waals surface area contributed by atoms with Crippen LogP contribution < -0.4 is 4.84 Å². The van der Waals surface area contributed by atoms with Crippen LogP contribution >= 0.6 is 0 Å². The van der Waals surface area contributed by atoms with E-state index in [-0.39, 0.29) is 5.90 Å². The molecule has 0 atom stereocenters. The topological polar surface area (TPSA) is 47.9 Å². The van der Waals surface area contributed by atoms with Gasteiger partial charge in [-0.25, -0.2) is 4.79 Å². The van der Waals surface area contributed by atoms with Crippen molar-refractivity contribution in [3.8, 4) is 5.75 Å². The average molecular weight is 239 g/mol. The summed E-state index contributed by atoms with van der Waals surface area (Å²) in [5, 5.41) is 3.86. The summed E-state index contributed by atoms with van der Waals surface area (Å²) >= 11 is 0. The Morgan fingerprint density at radius 3 is 2.33 bits per heavy atom. The summed E-state index contributed by atoms with van der Waals surface area (Å²) in [5.41, 5.74) is 1.16. The molecule has 1 aliphatic rings. The minimum atomic E-state index is -0.402. The Bertz CT molecular complexity index is 620. The maximum Gasteiger partial charge on any atom is 0.345 e. The van der Waals surface area contributed by atoms with E-state index in [1.165, 1.54) is 0 Å². The predicted molar refractivity (Wildman–Crippen MR) is 65.5 cm³/mol. The van der Waals surface area contributed by atoms with Crippen molar-refractivity contribution in [1.29, 1.82) is 0 Å². The molecule has 1 heterocycles. The van der Waals surface area contributed by atoms with Crippen LogP contribution in [0.5, 0.6) is 5.75 Å². The zero-order valence-corrected chi connectivity index (χ0v) is 9.37. The maximum atomic E-state index is 11.5. The highest BCUT2D eigenvalue weighted by Gasteiger charge is 2.27. The van der Waals surface area contributed by atoms with E-state index in [1.807, 2.05) is 24.3 Å². The number of benzene rings is 2. The van der Waals surface area contributed by atoms with Crippen LogP contribution in [-0.2, 0) is 4.74 Å². The number of carbonyl (C=O) groups is 1. The zero-order valence-electron chi connectivity index (χ0n) is 9.37. The minimum absolute atomic E-state index is 0.194. The Kier molecular flexibility index (Phi) is 2.53. The van der Waals surface area contributed by atoms with Crippen molar-refractivity contribution < 1.29 is 14.4 Å². The highest BCUT2D eigenvalue weighted by Crippen LogP contribution is 2.20. The number of esters is 1. The van der Waals surface area contributed by atoms with E-state index >= 15 is 0 Å². The monoisotopic (exact) mass is 239 g/mol. The SMILES string of the molecule is O=C1O/C(=N\Oc2ccccc2)c2ccccc21. The number of oxime groups is 1. The third-order valence-corrected chi connectivity index (χ3v) is 2.54. The lowest BCUT2D eigenvalue weighted by molar-refractivity contribution is 0.0731. The highest BCUT2D eigenvalue weighted by atomic mass is 16.7. The first-order valence-corrected chi connectivity index (χ1v) is 5.46. The number of hydrogen-bond acceptors (Lipinski definition) is 4. The fourth-order valence-electron chi connectivity index (χ4n) is 1.69. The molecule has 0 saturated heterocycles. The van der Waals surface area contributed by atoms with E-state index < -0.39 is 5.97 Å². The van der Waals surface area contributed by atoms with Crippen LogP contribution in [0.15, 0.2) is 59.8 Å². The van der Waals surface area contributed by atoms with Gasteiger partial charge in [0.1, 0.15) is 0 Å². The molecule has 4 nitrogen and oxygen atoms in total. The van der Waals surface area contributed by atoms with Crippen LogP contribution in [0.1, 0.15) is 15.9 Å². The summed E-state index contributed by atoms with van der Waals surface area (Å²) in [6, 6.07) is 16.2. The van der Waals surface area contributed by atoms with Gasteiger partial charge in [-0.3, -0.25) is 0 Å². The van der Waals surface area contributed by atoms with Crippen LogP contribution in [0.3, 0.4) is 0 Å². The van der Waals surface area contributed by atoms with Gasteiger partial charge in [0.2, 0.25) is 0 Å². The van der Waals surface area contributed by atoms with Crippen molar-refractivity contribution in [2.24, 2.45) is 5.16 Å². The average Bonchev–Trinajstić information content (AvgIpc) is 2.75. The van der Waals surface area contributed by atoms with Crippen molar-refractivity contribution in [3.63, 3.8) is 0 Å². The largest absolute Gasteiger partial charge is 0.400 e. The fraction of sp³-hybridized carbons (Fsp3) is 0. The molecule has 0 aliphatic carbocycles. The second-order valence-corrected chi connectivity index (χ2v) is 3.74. The molecule has 4 heteroatoms. The number of rotatable bonds is 2. The second kappa shape index (κ2) is 4.33. The summed E-state index contributed by atoms with van der Waals surface area (Å²) in [7, 11) is 0. The fourth-order valence-corrected chi connectivity index (χ4v) is 1.69. The lowest BCUT2D eigenvalue weighted by Crippen LogP contribution is -2.02. The van der Waals surface area contributed by atoms with Crippen LogP contribution in [0.2, 0.25) is 0 Å². The summed E-state index contributed by atoms with van der Waals surface area (Å²) in [4.78, 5) is 16.7. The molecule has 0 amide bonds. The lowest BCUT2D eigenvalue weighted by atomic mass is 10.1. The van der Waals surface area contributed by atoms with Crippen LogP contribution in [0, 0.1) is 0 Å². The first-order chi connectivity index (χ1) is 8.84. The second-order valence-electron chi connectivity index (χ2n) is 3.74. The Hall–Kier alpha value is -2.62. The van der Waals surface area contributed by atoms with Gasteiger partial charge in [0.25, 0.3) is 5.90 Å². The number of carbonyl (C=O) groups excluding carboxylic acids is 1. The Balaban J connectivity index is 1.89. The Morgan fingerprint density at radius 1 is 0.889 bits per heavy atom. The summed E-state index contributed by atoms with van der Waals surface area (Å²) in [6.45, 7) is 0. The summed E-state index contributed by atoms with van der Waals surface area (Å²) in [6.07, 6.45) is 0. The van der Waals surface area contributed by atoms with Crippen molar-refractivity contribution in [1.82, 2.24) is 0 Å². The molecule has 3 rings (SSSR count). The number of hydrogen-bond donors (Lipinski definition) is 0. The van der Waals surface area contributed by atoms with Crippen LogP contribution in [0.4, 0.5) is 0 Å². The first-order valence-electron chi connectivity index (χ1n) is 5.46. The van der Waals surface area contributed by atoms with Crippen molar-refractivity contribution in [3.05, 3.63) is 65.7 Å². The van der Waals surface area contributed by atoms with Crippen molar-refractivity contribution >= 4 is 11.9 Å². The number of cyclic esters (lactones) is 1. The van der Waals surface area contributed by atoms with Gasteiger partial charge < -0.3 is 9.57 Å². The predicted octanol–water partition coefficient (Wildman–Crippen LogP) is 2.60. The molecule has 0 bridgehead atoms. The van der Waals surface area contributed by atoms with Crippen LogP contribution in [0.25, 0.3) is 0 Å². The number of fused-ring (bicyclic) bond motifs is 1. The molecule has 1 aliphatic heterocycles. The molecule has 0 N–H and O–H groups in total. The van der Waals surface area contributed by atoms with Gasteiger partial charge >= 0.3 is 5.97 Å². The molecule has 2 aromatic carbocycles. The van der Waals surface area contributed by atoms with Gasteiger partial charge in [0.05, 0.1) is 11.1 Å². The molecular weight excluding hydrogens is 230 g/mol. The van der Waals surface area contributed by atoms with E-state index in [2.05, 4.69) is 5.16 Å². The molecule has 88 valence electrons. The Morgan fingerprint density at radius 2 is 1.56 bits per heavy atom. The molecule has 0 unspecified atom stereocenters. The quantitative estimate of drug-likeness (QED) is 0.597. The van der Waals surface area contributed by atoms with Gasteiger partial charge in [0.15, 0.2) is 5.75 Å². The molecule has 0 saturated carbocycles. The highest BCUT2D eigenvalue weighted by molar-refractivity contribution is 6.16. The molecule has 0 aromatic heterocycles. The van der Waals surface area contributed by atoms with Gasteiger partial charge in [-0.2, -0.15) is 0 Å². The smallest absolute Gasteiger partial charge is 0.345 e.